The molecule has 36 heavy (non-hydrogen) atoms. The van der Waals surface area contributed by atoms with Crippen LogP contribution in [0.5, 0.6) is 0 Å². The fraction of sp³-hybridized carbons (Fsp3) is 0.207. The minimum atomic E-state index is -1.34. The van der Waals surface area contributed by atoms with Crippen LogP contribution in [0.25, 0.3) is 16.7 Å². The first kappa shape index (κ1) is 24.7. The second-order valence-electron chi connectivity index (χ2n) is 8.82. The molecule has 1 heterocycles. The number of carbonyl (C=O) groups is 3. The Balaban J connectivity index is 1.61. The second kappa shape index (κ2) is 10.9. The van der Waals surface area contributed by atoms with Crippen molar-refractivity contribution in [3.8, 4) is 11.1 Å². The Labute approximate surface area is 209 Å². The molecule has 1 aliphatic rings. The van der Waals surface area contributed by atoms with Crippen molar-refractivity contribution in [2.75, 3.05) is 6.54 Å². The van der Waals surface area contributed by atoms with Crippen LogP contribution in [-0.4, -0.2) is 45.7 Å². The van der Waals surface area contributed by atoms with Crippen LogP contribution in [0.15, 0.2) is 91.5 Å². The van der Waals surface area contributed by atoms with Gasteiger partial charge in [0.1, 0.15) is 12.6 Å². The summed E-state index contributed by atoms with van der Waals surface area (Å²) in [5, 5.41) is 19.5. The molecule has 0 radical (unpaired) electrons. The van der Waals surface area contributed by atoms with Gasteiger partial charge in [-0.2, -0.15) is 0 Å². The summed E-state index contributed by atoms with van der Waals surface area (Å²) in [6.45, 7) is 4.20. The van der Waals surface area contributed by atoms with Crippen molar-refractivity contribution in [3.63, 3.8) is 0 Å². The van der Waals surface area contributed by atoms with Gasteiger partial charge in [0, 0.05) is 18.4 Å². The van der Waals surface area contributed by atoms with Crippen LogP contribution < -0.4 is 0 Å². The maximum Gasteiger partial charge on any atom is 0.410 e. The first-order chi connectivity index (χ1) is 17.3. The molecule has 0 unspecified atom stereocenters. The van der Waals surface area contributed by atoms with Crippen LogP contribution in [0.2, 0.25) is 0 Å². The van der Waals surface area contributed by atoms with E-state index in [0.717, 1.165) is 27.2 Å². The number of likely N-dealkylation sites (tertiary alicyclic amines) is 1. The van der Waals surface area contributed by atoms with Crippen molar-refractivity contribution in [2.45, 2.75) is 19.1 Å². The maximum atomic E-state index is 13.0. The summed E-state index contributed by atoms with van der Waals surface area (Å²) in [5.41, 5.74) is 4.08. The van der Waals surface area contributed by atoms with Crippen molar-refractivity contribution >= 4 is 23.6 Å². The number of carboxylic acids is 2. The SMILES string of the molecule is C=C(c1cccc(-c2ccccc2)c1)[C@H]1CN(C(=O)OCc2ccccc2)[C@H](C(=O)O)[C@H]1CC(=O)O. The van der Waals surface area contributed by atoms with Gasteiger partial charge in [0.2, 0.25) is 0 Å². The molecule has 184 valence electrons. The second-order valence-corrected chi connectivity index (χ2v) is 8.82. The van der Waals surface area contributed by atoms with E-state index in [4.69, 9.17) is 4.74 Å². The van der Waals surface area contributed by atoms with Gasteiger partial charge >= 0.3 is 18.0 Å². The zero-order chi connectivity index (χ0) is 25.7. The van der Waals surface area contributed by atoms with Crippen LogP contribution in [-0.2, 0) is 20.9 Å². The van der Waals surface area contributed by atoms with E-state index < -0.39 is 42.3 Å². The molecule has 0 spiro atoms. The normalized spacial score (nSPS) is 19.0. The lowest BCUT2D eigenvalue weighted by Gasteiger charge is -2.24. The topological polar surface area (TPSA) is 104 Å². The number of carbonyl (C=O) groups excluding carboxylic acids is 1. The van der Waals surface area contributed by atoms with Crippen LogP contribution in [0.1, 0.15) is 17.5 Å². The van der Waals surface area contributed by atoms with Gasteiger partial charge in [-0.15, -0.1) is 0 Å². The van der Waals surface area contributed by atoms with Crippen molar-refractivity contribution < 1.29 is 29.3 Å². The molecule has 0 aromatic heterocycles. The Morgan fingerprint density at radius 3 is 2.17 bits per heavy atom. The molecule has 3 aromatic rings. The summed E-state index contributed by atoms with van der Waals surface area (Å²) in [4.78, 5) is 38.0. The van der Waals surface area contributed by atoms with Gasteiger partial charge in [-0.05, 0) is 33.9 Å². The minimum Gasteiger partial charge on any atom is -0.481 e. The predicted molar refractivity (Wildman–Crippen MR) is 135 cm³/mol. The molecule has 1 amide bonds. The quantitative estimate of drug-likeness (QED) is 0.456. The van der Waals surface area contributed by atoms with Gasteiger partial charge in [-0.3, -0.25) is 9.69 Å². The Morgan fingerprint density at radius 1 is 0.889 bits per heavy atom. The summed E-state index contributed by atoms with van der Waals surface area (Å²) >= 11 is 0. The van der Waals surface area contributed by atoms with E-state index in [1.165, 1.54) is 0 Å². The van der Waals surface area contributed by atoms with Gasteiger partial charge in [0.15, 0.2) is 0 Å². The Bertz CT molecular complexity index is 1260. The largest absolute Gasteiger partial charge is 0.481 e. The molecule has 4 rings (SSSR count). The van der Waals surface area contributed by atoms with Crippen LogP contribution in [0, 0.1) is 11.8 Å². The van der Waals surface area contributed by atoms with Crippen LogP contribution in [0.3, 0.4) is 0 Å². The molecule has 7 heteroatoms. The lowest BCUT2D eigenvalue weighted by Crippen LogP contribution is -2.44. The van der Waals surface area contributed by atoms with Crippen LogP contribution in [0.4, 0.5) is 4.79 Å². The highest BCUT2D eigenvalue weighted by atomic mass is 16.6. The first-order valence-corrected chi connectivity index (χ1v) is 11.6. The number of hydrogen-bond donors (Lipinski definition) is 2. The number of rotatable bonds is 8. The number of aliphatic carboxylic acids is 2. The number of benzene rings is 3. The maximum absolute atomic E-state index is 13.0. The van der Waals surface area contributed by atoms with Gasteiger partial charge in [-0.1, -0.05) is 85.4 Å². The van der Waals surface area contributed by atoms with Gasteiger partial charge < -0.3 is 14.9 Å². The van der Waals surface area contributed by atoms with E-state index in [2.05, 4.69) is 6.58 Å². The average Bonchev–Trinajstić information content (AvgIpc) is 3.27. The van der Waals surface area contributed by atoms with Crippen molar-refractivity contribution in [2.24, 2.45) is 11.8 Å². The number of nitrogens with zero attached hydrogens (tertiary/aromatic N) is 1. The van der Waals surface area contributed by atoms with Gasteiger partial charge in [-0.25, -0.2) is 9.59 Å². The van der Waals surface area contributed by atoms with E-state index in [-0.39, 0.29) is 13.2 Å². The van der Waals surface area contributed by atoms with E-state index in [1.54, 1.807) is 12.1 Å². The van der Waals surface area contributed by atoms with E-state index in [0.29, 0.717) is 5.57 Å². The zero-order valence-corrected chi connectivity index (χ0v) is 19.6. The monoisotopic (exact) mass is 485 g/mol. The summed E-state index contributed by atoms with van der Waals surface area (Å²) in [7, 11) is 0. The summed E-state index contributed by atoms with van der Waals surface area (Å²) in [6, 6.07) is 25.1. The zero-order valence-electron chi connectivity index (χ0n) is 19.6. The van der Waals surface area contributed by atoms with E-state index >= 15 is 0 Å². The summed E-state index contributed by atoms with van der Waals surface area (Å²) < 4.78 is 5.40. The van der Waals surface area contributed by atoms with Gasteiger partial charge in [0.05, 0.1) is 6.42 Å². The fourth-order valence-corrected chi connectivity index (χ4v) is 4.79. The molecule has 0 saturated carbocycles. The molecular formula is C29H27NO6. The molecule has 0 bridgehead atoms. The van der Waals surface area contributed by atoms with Gasteiger partial charge in [0.25, 0.3) is 0 Å². The predicted octanol–water partition coefficient (Wildman–Crippen LogP) is 5.18. The lowest BCUT2D eigenvalue weighted by atomic mass is 9.80. The Hall–Kier alpha value is -4.39. The highest BCUT2D eigenvalue weighted by molar-refractivity contribution is 5.84. The number of ether oxygens (including phenoxy) is 1. The van der Waals surface area contributed by atoms with E-state index in [1.807, 2.05) is 72.8 Å². The van der Waals surface area contributed by atoms with Crippen molar-refractivity contribution in [1.82, 2.24) is 4.90 Å². The van der Waals surface area contributed by atoms with Crippen molar-refractivity contribution in [1.29, 1.82) is 0 Å². The number of amides is 1. The molecule has 2 N–H and O–H groups in total. The highest BCUT2D eigenvalue weighted by Gasteiger charge is 2.50. The van der Waals surface area contributed by atoms with E-state index in [9.17, 15) is 24.6 Å². The molecule has 1 aliphatic heterocycles. The molecule has 7 nitrogen and oxygen atoms in total. The molecule has 0 aliphatic carbocycles. The number of carboxylic acid groups (broad SMARTS) is 2. The number of hydrogen-bond acceptors (Lipinski definition) is 4. The molecule has 1 fully saturated rings. The molecule has 1 saturated heterocycles. The summed E-state index contributed by atoms with van der Waals surface area (Å²) in [5.74, 6) is -3.84. The third kappa shape index (κ3) is 5.46. The molecule has 3 aromatic carbocycles. The standard InChI is InChI=1S/C29H27NO6/c1-19(22-13-8-14-23(15-22)21-11-6-3-7-12-21)25-17-30(27(28(33)34)24(25)16-26(31)32)29(35)36-18-20-9-4-2-5-10-20/h2-15,24-25,27H,1,16-18H2,(H,31,32)(H,33,34)/t24-,25+,27-/m0/s1. The lowest BCUT2D eigenvalue weighted by molar-refractivity contribution is -0.144. The summed E-state index contributed by atoms with van der Waals surface area (Å²) in [6.07, 6.45) is -1.21. The molecule has 3 atom stereocenters. The first-order valence-electron chi connectivity index (χ1n) is 11.6. The van der Waals surface area contributed by atoms with Crippen LogP contribution >= 0.6 is 0 Å². The average molecular weight is 486 g/mol. The third-order valence-electron chi connectivity index (χ3n) is 6.54. The fourth-order valence-electron chi connectivity index (χ4n) is 4.79. The Kier molecular flexibility index (Phi) is 7.49. The van der Waals surface area contributed by atoms with Crippen molar-refractivity contribution in [3.05, 3.63) is 103 Å². The molecular weight excluding hydrogens is 458 g/mol. The third-order valence-corrected chi connectivity index (χ3v) is 6.54. The Morgan fingerprint density at radius 2 is 1.53 bits per heavy atom. The smallest absolute Gasteiger partial charge is 0.410 e. The minimum absolute atomic E-state index is 0.00304. The highest BCUT2D eigenvalue weighted by Crippen LogP contribution is 2.41.